The Morgan fingerprint density at radius 1 is 1.38 bits per heavy atom. The van der Waals surface area contributed by atoms with Crippen LogP contribution in [0.15, 0.2) is 34.9 Å². The predicted molar refractivity (Wildman–Crippen MR) is 116 cm³/mol. The van der Waals surface area contributed by atoms with Crippen LogP contribution in [0.5, 0.6) is 0 Å². The molecule has 3 rings (SSSR count). The average molecular weight is 409 g/mol. The molecule has 150 valence electrons. The number of anilines is 2. The molecule has 0 spiro atoms. The molecule has 6 nitrogen and oxygen atoms in total. The molecule has 2 aromatic heterocycles. The Bertz CT molecular complexity index is 1040. The highest BCUT2D eigenvalue weighted by atomic mass is 32.1. The zero-order chi connectivity index (χ0) is 21.0. The van der Waals surface area contributed by atoms with Crippen LogP contribution in [0.4, 0.5) is 10.7 Å². The van der Waals surface area contributed by atoms with E-state index in [-0.39, 0.29) is 23.3 Å². The predicted octanol–water partition coefficient (Wildman–Crippen LogP) is 5.39. The smallest absolute Gasteiger partial charge is 0.243 e. The van der Waals surface area contributed by atoms with E-state index in [2.05, 4.69) is 30.4 Å². The lowest BCUT2D eigenvalue weighted by Gasteiger charge is -2.13. The highest BCUT2D eigenvalue weighted by Gasteiger charge is 2.25. The minimum Gasteiger partial charge on any atom is -0.396 e. The van der Waals surface area contributed by atoms with Crippen LogP contribution in [0.2, 0.25) is 0 Å². The maximum absolute atomic E-state index is 13.0. The molecule has 0 aliphatic carbocycles. The van der Waals surface area contributed by atoms with Gasteiger partial charge in [-0.15, -0.1) is 11.3 Å². The number of carbonyl (C=O) groups is 1. The Kier molecular flexibility index (Phi) is 6.35. The van der Waals surface area contributed by atoms with Crippen LogP contribution in [0.1, 0.15) is 59.7 Å². The van der Waals surface area contributed by atoms with Crippen molar-refractivity contribution in [1.29, 1.82) is 5.26 Å². The van der Waals surface area contributed by atoms with E-state index in [0.29, 0.717) is 21.1 Å². The number of unbranched alkanes of at least 4 members (excludes halogenated alkanes) is 1. The number of hydrogen-bond donors (Lipinski definition) is 2. The van der Waals surface area contributed by atoms with Crippen molar-refractivity contribution in [2.24, 2.45) is 0 Å². The quantitative estimate of drug-likeness (QED) is 0.484. The fourth-order valence-corrected chi connectivity index (χ4v) is 4.11. The summed E-state index contributed by atoms with van der Waals surface area (Å²) in [5.74, 6) is -0.271. The molecule has 0 radical (unpaired) electrons. The first-order chi connectivity index (χ1) is 13.9. The van der Waals surface area contributed by atoms with Gasteiger partial charge < -0.3 is 15.6 Å². The number of nitrogen functional groups attached to an aromatic ring is 1. The molecule has 3 N–H and O–H groups in total. The number of thiophene rings is 1. The van der Waals surface area contributed by atoms with Crippen molar-refractivity contribution in [2.45, 2.75) is 46.1 Å². The third-order valence-corrected chi connectivity index (χ3v) is 5.85. The summed E-state index contributed by atoms with van der Waals surface area (Å²) in [5, 5.41) is 17.5. The molecule has 0 aliphatic heterocycles. The summed E-state index contributed by atoms with van der Waals surface area (Å²) in [6, 6.07) is 11.7. The summed E-state index contributed by atoms with van der Waals surface area (Å²) in [7, 11) is 0. The lowest BCUT2D eigenvalue weighted by Crippen LogP contribution is -2.14. The first kappa shape index (κ1) is 20.6. The number of nitrogens with zero attached hydrogens (tertiary/aromatic N) is 2. The molecule has 7 heteroatoms. The van der Waals surface area contributed by atoms with Gasteiger partial charge in [-0.1, -0.05) is 54.8 Å². The monoisotopic (exact) mass is 408 g/mol. The third kappa shape index (κ3) is 4.49. The van der Waals surface area contributed by atoms with E-state index in [1.165, 1.54) is 11.3 Å². The van der Waals surface area contributed by atoms with Crippen LogP contribution < -0.4 is 11.1 Å². The van der Waals surface area contributed by atoms with Gasteiger partial charge in [-0.25, -0.2) is 0 Å². The lowest BCUT2D eigenvalue weighted by molar-refractivity contribution is 0.100. The number of nitriles is 1. The van der Waals surface area contributed by atoms with Crippen LogP contribution in [0, 0.1) is 18.3 Å². The Balaban J connectivity index is 1.86. The van der Waals surface area contributed by atoms with Crippen LogP contribution in [0.3, 0.4) is 0 Å². The maximum Gasteiger partial charge on any atom is 0.243 e. The van der Waals surface area contributed by atoms with Crippen molar-refractivity contribution >= 4 is 27.8 Å². The first-order valence-electron chi connectivity index (χ1n) is 9.62. The van der Waals surface area contributed by atoms with Gasteiger partial charge in [0.25, 0.3) is 0 Å². The molecule has 0 bridgehead atoms. The SMILES string of the molecule is CCCCC(C)Nc1sc(C(=O)c2cc(-c3ccc(C)cc3)no2)c(N)c1C#N. The van der Waals surface area contributed by atoms with E-state index < -0.39 is 0 Å². The van der Waals surface area contributed by atoms with E-state index in [0.717, 1.165) is 30.4 Å². The molecule has 2 heterocycles. The number of aryl methyl sites for hydroxylation is 1. The lowest BCUT2D eigenvalue weighted by atomic mass is 10.1. The van der Waals surface area contributed by atoms with Crippen molar-refractivity contribution in [2.75, 3.05) is 11.1 Å². The molecule has 0 fully saturated rings. The van der Waals surface area contributed by atoms with Crippen molar-refractivity contribution in [1.82, 2.24) is 5.16 Å². The third-order valence-electron chi connectivity index (χ3n) is 4.71. The Morgan fingerprint density at radius 2 is 2.10 bits per heavy atom. The summed E-state index contributed by atoms with van der Waals surface area (Å²) >= 11 is 1.19. The second-order valence-corrected chi connectivity index (χ2v) is 8.14. The van der Waals surface area contributed by atoms with Gasteiger partial charge in [0.2, 0.25) is 11.5 Å². The summed E-state index contributed by atoms with van der Waals surface area (Å²) in [6.45, 7) is 6.19. The molecule has 1 atom stereocenters. The van der Waals surface area contributed by atoms with E-state index in [1.807, 2.05) is 31.2 Å². The summed E-state index contributed by atoms with van der Waals surface area (Å²) in [6.07, 6.45) is 3.16. The van der Waals surface area contributed by atoms with Crippen molar-refractivity contribution in [3.8, 4) is 17.3 Å². The molecular formula is C22H24N4O2S. The zero-order valence-electron chi connectivity index (χ0n) is 16.8. The van der Waals surface area contributed by atoms with Gasteiger partial charge in [-0.05, 0) is 20.3 Å². The minimum atomic E-state index is -0.371. The summed E-state index contributed by atoms with van der Waals surface area (Å²) in [5.41, 5.74) is 9.19. The van der Waals surface area contributed by atoms with E-state index in [1.54, 1.807) is 6.07 Å². The number of hydrogen-bond acceptors (Lipinski definition) is 7. The normalized spacial score (nSPS) is 11.8. The molecular weight excluding hydrogens is 384 g/mol. The van der Waals surface area contributed by atoms with E-state index in [4.69, 9.17) is 10.3 Å². The zero-order valence-corrected chi connectivity index (χ0v) is 17.6. The van der Waals surface area contributed by atoms with Crippen LogP contribution >= 0.6 is 11.3 Å². The topological polar surface area (TPSA) is 105 Å². The Morgan fingerprint density at radius 3 is 2.76 bits per heavy atom. The number of carbonyl (C=O) groups excluding carboxylic acids is 1. The van der Waals surface area contributed by atoms with Gasteiger partial charge in [-0.2, -0.15) is 5.26 Å². The second kappa shape index (κ2) is 8.93. The molecule has 29 heavy (non-hydrogen) atoms. The molecule has 1 aromatic carbocycles. The Hall–Kier alpha value is -3.11. The van der Waals surface area contributed by atoms with Crippen molar-refractivity contribution in [3.63, 3.8) is 0 Å². The number of nitrogens with two attached hydrogens (primary N) is 1. The first-order valence-corrected chi connectivity index (χ1v) is 10.4. The van der Waals surface area contributed by atoms with Gasteiger partial charge in [0.15, 0.2) is 0 Å². The fourth-order valence-electron chi connectivity index (χ4n) is 2.99. The number of rotatable bonds is 8. The maximum atomic E-state index is 13.0. The largest absolute Gasteiger partial charge is 0.396 e. The van der Waals surface area contributed by atoms with Gasteiger partial charge in [0.1, 0.15) is 27.2 Å². The standard InChI is InChI=1S/C22H24N4O2S/c1-4-5-6-14(3)25-22-16(12-23)19(24)21(29-22)20(27)18-11-17(26-28-18)15-9-7-13(2)8-10-15/h7-11,14,25H,4-6,24H2,1-3H3. The van der Waals surface area contributed by atoms with Gasteiger partial charge >= 0.3 is 0 Å². The molecule has 0 saturated carbocycles. The second-order valence-electron chi connectivity index (χ2n) is 7.12. The highest BCUT2D eigenvalue weighted by Crippen LogP contribution is 2.37. The minimum absolute atomic E-state index is 0.101. The van der Waals surface area contributed by atoms with Crippen molar-refractivity contribution < 1.29 is 9.32 Å². The molecule has 0 aliphatic rings. The number of aromatic nitrogens is 1. The number of benzene rings is 1. The van der Waals surface area contributed by atoms with Crippen LogP contribution in [0.25, 0.3) is 11.3 Å². The molecule has 1 unspecified atom stereocenters. The molecule has 0 saturated heterocycles. The average Bonchev–Trinajstić information content (AvgIpc) is 3.31. The fraction of sp³-hybridized carbons (Fsp3) is 0.318. The molecule has 3 aromatic rings. The molecule has 0 amide bonds. The van der Waals surface area contributed by atoms with Crippen molar-refractivity contribution in [3.05, 3.63) is 52.1 Å². The highest BCUT2D eigenvalue weighted by molar-refractivity contribution is 7.19. The van der Waals surface area contributed by atoms with Gasteiger partial charge in [0.05, 0.1) is 5.69 Å². The van der Waals surface area contributed by atoms with Gasteiger partial charge in [0, 0.05) is 17.7 Å². The van der Waals surface area contributed by atoms with E-state index >= 15 is 0 Å². The summed E-state index contributed by atoms with van der Waals surface area (Å²) in [4.78, 5) is 13.3. The number of ketones is 1. The van der Waals surface area contributed by atoms with E-state index in [9.17, 15) is 10.1 Å². The number of nitrogens with one attached hydrogen (secondary N) is 1. The summed E-state index contributed by atoms with van der Waals surface area (Å²) < 4.78 is 5.29. The van der Waals surface area contributed by atoms with Gasteiger partial charge in [-0.3, -0.25) is 4.79 Å². The van der Waals surface area contributed by atoms with Crippen LogP contribution in [-0.4, -0.2) is 17.0 Å². The van der Waals surface area contributed by atoms with Crippen LogP contribution in [-0.2, 0) is 0 Å². The Labute approximate surface area is 174 Å².